The van der Waals surface area contributed by atoms with E-state index < -0.39 is 0 Å². The van der Waals surface area contributed by atoms with Crippen molar-refractivity contribution in [2.45, 2.75) is 38.3 Å². The lowest BCUT2D eigenvalue weighted by Crippen LogP contribution is -2.41. The van der Waals surface area contributed by atoms with Gasteiger partial charge < -0.3 is 10.0 Å². The zero-order valence-electron chi connectivity index (χ0n) is 7.36. The number of aliphatic hydroxyl groups excluding tert-OH is 1. The largest absolute Gasteiger partial charge is 0.392 e. The molecule has 1 saturated heterocycles. The van der Waals surface area contributed by atoms with Crippen LogP contribution in [-0.4, -0.2) is 34.6 Å². The van der Waals surface area contributed by atoms with Gasteiger partial charge >= 0.3 is 0 Å². The Morgan fingerprint density at radius 2 is 2.42 bits per heavy atom. The van der Waals surface area contributed by atoms with Crippen LogP contribution in [0.25, 0.3) is 0 Å². The number of piperidine rings is 1. The van der Waals surface area contributed by atoms with E-state index in [1.807, 2.05) is 4.90 Å². The maximum Gasteiger partial charge on any atom is 0.226 e. The van der Waals surface area contributed by atoms with Crippen LogP contribution in [0.2, 0.25) is 0 Å². The molecule has 0 radical (unpaired) electrons. The van der Waals surface area contributed by atoms with Crippen molar-refractivity contribution in [3.63, 3.8) is 0 Å². The summed E-state index contributed by atoms with van der Waals surface area (Å²) >= 11 is 0. The first-order valence-electron chi connectivity index (χ1n) is 4.67. The maximum atomic E-state index is 11.5. The Kier molecular flexibility index (Phi) is 1.83. The standard InChI is InChI=1S/C9H15NO2/c1-6(11)5-10-8-3-2-7(4-8)9(10)12/h6-8,11H,2-5H2,1H3/t6-,7?,8?/m1/s1. The lowest BCUT2D eigenvalue weighted by Gasteiger charge is -2.28. The zero-order valence-corrected chi connectivity index (χ0v) is 7.36. The quantitative estimate of drug-likeness (QED) is 0.649. The third-order valence-electron chi connectivity index (χ3n) is 2.94. The molecular weight excluding hydrogens is 154 g/mol. The van der Waals surface area contributed by atoms with Crippen molar-refractivity contribution < 1.29 is 9.90 Å². The van der Waals surface area contributed by atoms with E-state index in [-0.39, 0.29) is 17.9 Å². The Morgan fingerprint density at radius 3 is 2.92 bits per heavy atom. The fourth-order valence-electron chi connectivity index (χ4n) is 2.40. The number of amides is 1. The summed E-state index contributed by atoms with van der Waals surface area (Å²) in [5.41, 5.74) is 0. The van der Waals surface area contributed by atoms with E-state index in [0.29, 0.717) is 12.6 Å². The van der Waals surface area contributed by atoms with Gasteiger partial charge in [-0.2, -0.15) is 0 Å². The summed E-state index contributed by atoms with van der Waals surface area (Å²) in [5, 5.41) is 9.16. The van der Waals surface area contributed by atoms with E-state index in [0.717, 1.165) is 19.3 Å². The lowest BCUT2D eigenvalue weighted by atomic mass is 10.1. The average Bonchev–Trinajstić information content (AvgIpc) is 2.53. The Labute approximate surface area is 72.4 Å². The number of aliphatic hydroxyl groups is 1. The molecule has 68 valence electrons. The van der Waals surface area contributed by atoms with Crippen LogP contribution in [0.4, 0.5) is 0 Å². The predicted molar refractivity (Wildman–Crippen MR) is 44.5 cm³/mol. The fourth-order valence-corrected chi connectivity index (χ4v) is 2.40. The second-order valence-corrected chi connectivity index (χ2v) is 4.00. The SMILES string of the molecule is C[C@@H](O)CN1C(=O)C2CCC1C2. The molecule has 0 aromatic rings. The van der Waals surface area contributed by atoms with Gasteiger partial charge in [0.15, 0.2) is 0 Å². The van der Waals surface area contributed by atoms with Crippen molar-refractivity contribution in [3.05, 3.63) is 0 Å². The number of hydrogen-bond acceptors (Lipinski definition) is 2. The van der Waals surface area contributed by atoms with Gasteiger partial charge in [0, 0.05) is 18.5 Å². The molecule has 1 aliphatic heterocycles. The van der Waals surface area contributed by atoms with E-state index in [1.54, 1.807) is 6.92 Å². The Morgan fingerprint density at radius 1 is 1.67 bits per heavy atom. The van der Waals surface area contributed by atoms with Gasteiger partial charge in [-0.25, -0.2) is 0 Å². The molecule has 1 saturated carbocycles. The number of likely N-dealkylation sites (tertiary alicyclic amines) is 1. The zero-order chi connectivity index (χ0) is 8.72. The molecule has 1 aliphatic carbocycles. The van der Waals surface area contributed by atoms with Crippen LogP contribution in [0.3, 0.4) is 0 Å². The molecule has 0 aromatic carbocycles. The molecule has 1 amide bonds. The number of β-amino-alcohol motifs (C(OH)–C–C–N with tert-alkyl or cyclic N) is 1. The van der Waals surface area contributed by atoms with Crippen molar-refractivity contribution in [2.75, 3.05) is 6.54 Å². The van der Waals surface area contributed by atoms with Crippen LogP contribution < -0.4 is 0 Å². The number of fused-ring (bicyclic) bond motifs is 2. The van der Waals surface area contributed by atoms with Crippen molar-refractivity contribution in [2.24, 2.45) is 5.92 Å². The average molecular weight is 169 g/mol. The van der Waals surface area contributed by atoms with Gasteiger partial charge in [0.05, 0.1) is 6.10 Å². The minimum absolute atomic E-state index is 0.271. The maximum absolute atomic E-state index is 11.5. The Bertz CT molecular complexity index is 203. The molecule has 1 heterocycles. The highest BCUT2D eigenvalue weighted by molar-refractivity contribution is 5.82. The third kappa shape index (κ3) is 1.12. The molecule has 0 aromatic heterocycles. The minimum Gasteiger partial charge on any atom is -0.392 e. The number of rotatable bonds is 2. The number of carbonyl (C=O) groups excluding carboxylic acids is 1. The molecule has 1 N–H and O–H groups in total. The summed E-state index contributed by atoms with van der Waals surface area (Å²) in [5.74, 6) is 0.556. The number of hydrogen-bond donors (Lipinski definition) is 1. The second kappa shape index (κ2) is 2.73. The molecule has 2 bridgehead atoms. The number of carbonyl (C=O) groups is 1. The summed E-state index contributed by atoms with van der Waals surface area (Å²) < 4.78 is 0. The van der Waals surface area contributed by atoms with Gasteiger partial charge in [0.1, 0.15) is 0 Å². The van der Waals surface area contributed by atoms with E-state index in [1.165, 1.54) is 0 Å². The van der Waals surface area contributed by atoms with E-state index in [9.17, 15) is 4.79 Å². The molecule has 3 heteroatoms. The van der Waals surface area contributed by atoms with Gasteiger partial charge in [-0.3, -0.25) is 4.79 Å². The van der Waals surface area contributed by atoms with Crippen LogP contribution in [0.15, 0.2) is 0 Å². The summed E-state index contributed by atoms with van der Waals surface area (Å²) in [4.78, 5) is 13.4. The summed E-state index contributed by atoms with van der Waals surface area (Å²) in [6.45, 7) is 2.26. The van der Waals surface area contributed by atoms with Crippen molar-refractivity contribution in [1.29, 1.82) is 0 Å². The lowest BCUT2D eigenvalue weighted by molar-refractivity contribution is -0.135. The van der Waals surface area contributed by atoms with Gasteiger partial charge in [-0.15, -0.1) is 0 Å². The first-order chi connectivity index (χ1) is 5.68. The van der Waals surface area contributed by atoms with Gasteiger partial charge in [-0.1, -0.05) is 0 Å². The van der Waals surface area contributed by atoms with E-state index in [2.05, 4.69) is 0 Å². The van der Waals surface area contributed by atoms with Crippen LogP contribution >= 0.6 is 0 Å². The first-order valence-corrected chi connectivity index (χ1v) is 4.67. The van der Waals surface area contributed by atoms with E-state index >= 15 is 0 Å². The highest BCUT2D eigenvalue weighted by Gasteiger charge is 2.44. The van der Waals surface area contributed by atoms with Gasteiger partial charge in [0.2, 0.25) is 5.91 Å². The summed E-state index contributed by atoms with van der Waals surface area (Å²) in [6.07, 6.45) is 2.86. The molecule has 2 rings (SSSR count). The molecule has 2 fully saturated rings. The van der Waals surface area contributed by atoms with Crippen LogP contribution in [0, 0.1) is 5.92 Å². The molecule has 12 heavy (non-hydrogen) atoms. The van der Waals surface area contributed by atoms with E-state index in [4.69, 9.17) is 5.11 Å². The topological polar surface area (TPSA) is 40.5 Å². The molecular formula is C9H15NO2. The third-order valence-corrected chi connectivity index (χ3v) is 2.94. The Hall–Kier alpha value is -0.570. The Balaban J connectivity index is 2.02. The highest BCUT2D eigenvalue weighted by Crippen LogP contribution is 2.38. The summed E-state index contributed by atoms with van der Waals surface area (Å²) in [6, 6.07) is 0.442. The van der Waals surface area contributed by atoms with Crippen LogP contribution in [0.1, 0.15) is 26.2 Å². The molecule has 3 nitrogen and oxygen atoms in total. The fraction of sp³-hybridized carbons (Fsp3) is 0.889. The first kappa shape index (κ1) is 8.05. The molecule has 2 aliphatic rings. The number of nitrogens with zero attached hydrogens (tertiary/aromatic N) is 1. The van der Waals surface area contributed by atoms with Crippen LogP contribution in [-0.2, 0) is 4.79 Å². The monoisotopic (exact) mass is 169 g/mol. The second-order valence-electron chi connectivity index (χ2n) is 4.00. The van der Waals surface area contributed by atoms with Crippen molar-refractivity contribution in [1.82, 2.24) is 4.90 Å². The molecule has 3 atom stereocenters. The minimum atomic E-state index is -0.381. The predicted octanol–water partition coefficient (Wildman–Crippen LogP) is 0.378. The highest BCUT2D eigenvalue weighted by atomic mass is 16.3. The normalized spacial score (nSPS) is 36.2. The van der Waals surface area contributed by atoms with Gasteiger partial charge in [-0.05, 0) is 26.2 Å². The summed E-state index contributed by atoms with van der Waals surface area (Å²) in [7, 11) is 0. The molecule has 0 spiro atoms. The van der Waals surface area contributed by atoms with Gasteiger partial charge in [0.25, 0.3) is 0 Å². The molecule has 2 unspecified atom stereocenters. The van der Waals surface area contributed by atoms with Crippen molar-refractivity contribution in [3.8, 4) is 0 Å². The smallest absolute Gasteiger partial charge is 0.226 e. The van der Waals surface area contributed by atoms with Crippen LogP contribution in [0.5, 0.6) is 0 Å². The van der Waals surface area contributed by atoms with Crippen molar-refractivity contribution >= 4 is 5.91 Å².